The lowest BCUT2D eigenvalue weighted by Crippen LogP contribution is -2.30. The average Bonchev–Trinajstić information content (AvgIpc) is 3.07. The van der Waals surface area contributed by atoms with E-state index in [1.54, 1.807) is 12.1 Å². The van der Waals surface area contributed by atoms with E-state index in [1.807, 2.05) is 12.1 Å². The number of carbonyl (C=O) groups is 1. The first-order valence-corrected chi connectivity index (χ1v) is 8.41. The van der Waals surface area contributed by atoms with Crippen molar-refractivity contribution in [2.45, 2.75) is 32.2 Å². The van der Waals surface area contributed by atoms with E-state index in [4.69, 9.17) is 0 Å². The number of carboxylic acids is 1. The molecule has 24 heavy (non-hydrogen) atoms. The highest BCUT2D eigenvalue weighted by molar-refractivity contribution is 5.85. The summed E-state index contributed by atoms with van der Waals surface area (Å²) in [7, 11) is 0. The molecule has 0 bridgehead atoms. The Balaban J connectivity index is 1.77. The van der Waals surface area contributed by atoms with Crippen LogP contribution in [-0.4, -0.2) is 5.97 Å². The van der Waals surface area contributed by atoms with Crippen LogP contribution in [0.2, 0.25) is 0 Å². The highest BCUT2D eigenvalue weighted by Crippen LogP contribution is 2.50. The van der Waals surface area contributed by atoms with E-state index in [9.17, 15) is 9.90 Å². The first-order chi connectivity index (χ1) is 11.6. The van der Waals surface area contributed by atoms with Crippen molar-refractivity contribution in [3.63, 3.8) is 0 Å². The number of carboxylic acid groups (broad SMARTS) is 1. The Morgan fingerprint density at radius 1 is 1.12 bits per heavy atom. The van der Waals surface area contributed by atoms with Crippen molar-refractivity contribution in [3.05, 3.63) is 76.4 Å². The van der Waals surface area contributed by atoms with Gasteiger partial charge in [-0.2, -0.15) is 0 Å². The predicted molar refractivity (Wildman–Crippen MR) is 93.0 cm³/mol. The van der Waals surface area contributed by atoms with Crippen LogP contribution in [0.3, 0.4) is 0 Å². The molecule has 2 aromatic carbocycles. The molecular weight excluding hydrogens is 298 g/mol. The molecule has 0 spiro atoms. The molecule has 0 saturated heterocycles. The average molecular weight is 318 g/mol. The quantitative estimate of drug-likeness (QED) is 0.862. The third kappa shape index (κ3) is 2.23. The number of rotatable bonds is 2. The van der Waals surface area contributed by atoms with Crippen molar-refractivity contribution in [1.29, 1.82) is 0 Å². The molecule has 0 fully saturated rings. The third-order valence-corrected chi connectivity index (χ3v) is 5.57. The van der Waals surface area contributed by atoms with Crippen LogP contribution in [0.1, 0.15) is 51.0 Å². The van der Waals surface area contributed by atoms with Gasteiger partial charge in [0.25, 0.3) is 0 Å². The molecule has 2 aromatic rings. The van der Waals surface area contributed by atoms with Gasteiger partial charge in [0.1, 0.15) is 0 Å². The fraction of sp³-hybridized carbons (Fsp3) is 0.286. The van der Waals surface area contributed by atoms with Crippen LogP contribution in [-0.2, 0) is 0 Å². The number of fused-ring (bicyclic) bond motifs is 3. The predicted octanol–water partition coefficient (Wildman–Crippen LogP) is 3.49. The van der Waals surface area contributed by atoms with Gasteiger partial charge in [0.05, 0.1) is 12.0 Å². The van der Waals surface area contributed by atoms with Crippen molar-refractivity contribution >= 4 is 11.7 Å². The summed E-state index contributed by atoms with van der Waals surface area (Å²) in [6.07, 6.45) is 5.63. The van der Waals surface area contributed by atoms with Crippen molar-refractivity contribution < 1.29 is 9.90 Å². The third-order valence-electron chi connectivity index (χ3n) is 5.57. The molecule has 0 radical (unpaired) electrons. The lowest BCUT2D eigenvalue weighted by molar-refractivity contribution is -0.255. The van der Waals surface area contributed by atoms with Gasteiger partial charge in [0, 0.05) is 11.6 Å². The summed E-state index contributed by atoms with van der Waals surface area (Å²) >= 11 is 0. The molecule has 3 nitrogen and oxygen atoms in total. The van der Waals surface area contributed by atoms with E-state index in [1.165, 1.54) is 22.4 Å². The standard InChI is InChI=1S/C21H21NO2/c1-12-6-11-18-16-4-3-5-17(16)20(22-19(18)13(12)2)14-7-9-15(10-8-14)21(23)24/h3-4,6-11,16-17,20,22H,5H2,1-2H3,(H,23,24)/p-1/t16-,17+,20-/m0/s1. The van der Waals surface area contributed by atoms with Gasteiger partial charge in [0.2, 0.25) is 0 Å². The molecule has 2 aliphatic rings. The highest BCUT2D eigenvalue weighted by atomic mass is 16.4. The molecule has 3 atom stereocenters. The van der Waals surface area contributed by atoms with Gasteiger partial charge in [-0.3, -0.25) is 0 Å². The summed E-state index contributed by atoms with van der Waals surface area (Å²) in [6, 6.07) is 11.7. The molecule has 3 heteroatoms. The minimum absolute atomic E-state index is 0.189. The molecule has 0 saturated carbocycles. The summed E-state index contributed by atoms with van der Waals surface area (Å²) in [5.74, 6) is -0.241. The Hall–Kier alpha value is -2.55. The Morgan fingerprint density at radius 3 is 2.58 bits per heavy atom. The maximum absolute atomic E-state index is 11.0. The van der Waals surface area contributed by atoms with Crippen molar-refractivity contribution in [2.24, 2.45) is 5.92 Å². The van der Waals surface area contributed by atoms with E-state index in [2.05, 4.69) is 43.4 Å². The zero-order valence-electron chi connectivity index (χ0n) is 13.9. The molecular formula is C21H20NO2-. The normalized spacial score (nSPS) is 24.2. The maximum Gasteiger partial charge on any atom is 0.0715 e. The molecule has 1 N–H and O–H groups in total. The lowest BCUT2D eigenvalue weighted by Gasteiger charge is -2.38. The molecule has 0 aromatic heterocycles. The van der Waals surface area contributed by atoms with Gasteiger partial charge in [0.15, 0.2) is 0 Å². The van der Waals surface area contributed by atoms with Crippen molar-refractivity contribution in [3.8, 4) is 0 Å². The van der Waals surface area contributed by atoms with Crippen LogP contribution >= 0.6 is 0 Å². The minimum Gasteiger partial charge on any atom is -0.545 e. The largest absolute Gasteiger partial charge is 0.545 e. The Morgan fingerprint density at radius 2 is 1.88 bits per heavy atom. The zero-order chi connectivity index (χ0) is 16.8. The second-order valence-electron chi connectivity index (χ2n) is 6.86. The van der Waals surface area contributed by atoms with Gasteiger partial charge < -0.3 is 15.2 Å². The number of hydrogen-bond donors (Lipinski definition) is 1. The number of allylic oxidation sites excluding steroid dienone is 2. The second kappa shape index (κ2) is 5.52. The van der Waals surface area contributed by atoms with Gasteiger partial charge >= 0.3 is 0 Å². The van der Waals surface area contributed by atoms with Gasteiger partial charge in [-0.05, 0) is 54.0 Å². The monoisotopic (exact) mass is 318 g/mol. The first-order valence-electron chi connectivity index (χ1n) is 8.41. The zero-order valence-corrected chi connectivity index (χ0v) is 13.9. The first kappa shape index (κ1) is 15.0. The number of nitrogens with one attached hydrogen (secondary N) is 1. The molecule has 0 amide bonds. The molecule has 1 heterocycles. The van der Waals surface area contributed by atoms with Crippen LogP contribution in [0.15, 0.2) is 48.6 Å². The number of benzene rings is 2. The molecule has 122 valence electrons. The van der Waals surface area contributed by atoms with Crippen LogP contribution < -0.4 is 10.4 Å². The van der Waals surface area contributed by atoms with E-state index >= 15 is 0 Å². The summed E-state index contributed by atoms with van der Waals surface area (Å²) in [4.78, 5) is 11.0. The van der Waals surface area contributed by atoms with E-state index in [0.717, 1.165) is 12.0 Å². The smallest absolute Gasteiger partial charge is 0.0715 e. The van der Waals surface area contributed by atoms with Crippen LogP contribution in [0.25, 0.3) is 0 Å². The Bertz CT molecular complexity index is 836. The summed E-state index contributed by atoms with van der Waals surface area (Å²) in [5, 5.41) is 14.7. The summed E-state index contributed by atoms with van der Waals surface area (Å²) in [5.41, 5.74) is 6.54. The molecule has 1 aliphatic carbocycles. The van der Waals surface area contributed by atoms with Gasteiger partial charge in [-0.15, -0.1) is 0 Å². The van der Waals surface area contributed by atoms with Crippen LogP contribution in [0.5, 0.6) is 0 Å². The summed E-state index contributed by atoms with van der Waals surface area (Å²) in [6.45, 7) is 4.30. The SMILES string of the molecule is Cc1ccc2c(c1C)N[C@@H](c1ccc(C(=O)[O-])cc1)[C@@H]1CC=C[C@H]21. The lowest BCUT2D eigenvalue weighted by atomic mass is 9.76. The second-order valence-corrected chi connectivity index (χ2v) is 6.86. The minimum atomic E-state index is -1.13. The number of carbonyl (C=O) groups excluding carboxylic acids is 1. The van der Waals surface area contributed by atoms with Gasteiger partial charge in [-0.25, -0.2) is 0 Å². The highest BCUT2D eigenvalue weighted by Gasteiger charge is 2.38. The number of aryl methyl sites for hydroxylation is 1. The number of anilines is 1. The van der Waals surface area contributed by atoms with E-state index in [0.29, 0.717) is 11.8 Å². The number of aromatic carboxylic acids is 1. The topological polar surface area (TPSA) is 52.2 Å². The molecule has 0 unspecified atom stereocenters. The fourth-order valence-electron chi connectivity index (χ4n) is 4.08. The molecule has 1 aliphatic heterocycles. The Kier molecular flexibility index (Phi) is 3.45. The van der Waals surface area contributed by atoms with Crippen LogP contribution in [0, 0.1) is 19.8 Å². The van der Waals surface area contributed by atoms with Gasteiger partial charge in [-0.1, -0.05) is 48.6 Å². The van der Waals surface area contributed by atoms with E-state index < -0.39 is 5.97 Å². The van der Waals surface area contributed by atoms with Crippen molar-refractivity contribution in [1.82, 2.24) is 0 Å². The number of hydrogen-bond acceptors (Lipinski definition) is 3. The summed E-state index contributed by atoms with van der Waals surface area (Å²) < 4.78 is 0. The van der Waals surface area contributed by atoms with Crippen LogP contribution in [0.4, 0.5) is 5.69 Å². The van der Waals surface area contributed by atoms with Crippen molar-refractivity contribution in [2.75, 3.05) is 5.32 Å². The Labute approximate surface area is 142 Å². The maximum atomic E-state index is 11.0. The van der Waals surface area contributed by atoms with E-state index in [-0.39, 0.29) is 11.6 Å². The fourth-order valence-corrected chi connectivity index (χ4v) is 4.08. The molecule has 4 rings (SSSR count).